The molecular formula is C21H24N4O3S. The van der Waals surface area contributed by atoms with E-state index in [4.69, 9.17) is 0 Å². The molecule has 1 amide bonds. The van der Waals surface area contributed by atoms with E-state index in [1.54, 1.807) is 37.7 Å². The number of amides is 1. The van der Waals surface area contributed by atoms with Gasteiger partial charge in [-0.2, -0.15) is 5.10 Å². The Hall–Kier alpha value is -2.97. The summed E-state index contributed by atoms with van der Waals surface area (Å²) in [6.07, 6.45) is 0. The monoisotopic (exact) mass is 412 g/mol. The Morgan fingerprint density at radius 2 is 1.76 bits per heavy atom. The third-order valence-electron chi connectivity index (χ3n) is 4.80. The molecule has 152 valence electrons. The number of sulfonamides is 1. The first kappa shape index (κ1) is 20.8. The van der Waals surface area contributed by atoms with E-state index in [-0.39, 0.29) is 22.9 Å². The van der Waals surface area contributed by atoms with Crippen molar-refractivity contribution < 1.29 is 13.2 Å². The number of nitrogens with one attached hydrogen (secondary N) is 2. The molecule has 0 bridgehead atoms. The fourth-order valence-electron chi connectivity index (χ4n) is 3.02. The maximum Gasteiger partial charge on any atom is 0.255 e. The molecule has 2 N–H and O–H groups in total. The summed E-state index contributed by atoms with van der Waals surface area (Å²) in [5.74, 6) is -0.385. The van der Waals surface area contributed by atoms with Crippen LogP contribution in [0.4, 0.5) is 5.69 Å². The summed E-state index contributed by atoms with van der Waals surface area (Å²) in [6, 6.07) is 13.9. The predicted octanol–water partition coefficient (Wildman–Crippen LogP) is 3.08. The van der Waals surface area contributed by atoms with Crippen molar-refractivity contribution in [3.8, 4) is 0 Å². The number of aryl methyl sites for hydroxylation is 3. The summed E-state index contributed by atoms with van der Waals surface area (Å²) < 4.78 is 29.9. The van der Waals surface area contributed by atoms with Crippen molar-refractivity contribution in [2.45, 2.75) is 32.2 Å². The van der Waals surface area contributed by atoms with Crippen molar-refractivity contribution in [3.05, 3.63) is 76.6 Å². The molecule has 0 aliphatic carbocycles. The fourth-order valence-corrected chi connectivity index (χ4v) is 4.31. The summed E-state index contributed by atoms with van der Waals surface area (Å²) >= 11 is 0. The molecule has 0 saturated heterocycles. The van der Waals surface area contributed by atoms with Crippen LogP contribution in [0, 0.1) is 20.8 Å². The van der Waals surface area contributed by atoms with Gasteiger partial charge < -0.3 is 5.32 Å². The number of aromatic nitrogens is 2. The Labute approximate surface area is 170 Å². The SMILES string of the molecule is Cc1ccc(C(=O)Nc2c(C)nn(C)c2C)cc1S(=O)(=O)NCc1ccccc1. The molecule has 0 spiro atoms. The van der Waals surface area contributed by atoms with Crippen LogP contribution in [0.2, 0.25) is 0 Å². The molecule has 1 aromatic heterocycles. The van der Waals surface area contributed by atoms with Gasteiger partial charge in [0.25, 0.3) is 5.91 Å². The first-order valence-corrected chi connectivity index (χ1v) is 10.6. The van der Waals surface area contributed by atoms with Gasteiger partial charge in [-0.05, 0) is 44.0 Å². The lowest BCUT2D eigenvalue weighted by molar-refractivity contribution is 0.102. The second-order valence-electron chi connectivity index (χ2n) is 6.91. The molecule has 1 heterocycles. The van der Waals surface area contributed by atoms with Crippen molar-refractivity contribution in [2.24, 2.45) is 7.05 Å². The van der Waals surface area contributed by atoms with Gasteiger partial charge in [0.05, 0.1) is 22.0 Å². The number of carbonyl (C=O) groups excluding carboxylic acids is 1. The molecule has 0 aliphatic rings. The summed E-state index contributed by atoms with van der Waals surface area (Å²) in [5.41, 5.74) is 3.83. The smallest absolute Gasteiger partial charge is 0.255 e. The molecule has 0 radical (unpaired) electrons. The number of anilines is 1. The molecule has 29 heavy (non-hydrogen) atoms. The van der Waals surface area contributed by atoms with Crippen molar-refractivity contribution in [1.29, 1.82) is 0 Å². The standard InChI is InChI=1S/C21H24N4O3S/c1-14-10-11-18(21(26)23-20-15(2)24-25(4)16(20)3)12-19(14)29(27,28)22-13-17-8-6-5-7-9-17/h5-12,22H,13H2,1-4H3,(H,23,26). The topological polar surface area (TPSA) is 93.1 Å². The molecule has 0 atom stereocenters. The van der Waals surface area contributed by atoms with Gasteiger partial charge in [-0.15, -0.1) is 0 Å². The normalized spacial score (nSPS) is 11.4. The van der Waals surface area contributed by atoms with Gasteiger partial charge in [-0.1, -0.05) is 36.4 Å². The van der Waals surface area contributed by atoms with Crippen molar-refractivity contribution in [3.63, 3.8) is 0 Å². The van der Waals surface area contributed by atoms with Gasteiger partial charge in [-0.25, -0.2) is 13.1 Å². The minimum absolute atomic E-state index is 0.0840. The lowest BCUT2D eigenvalue weighted by Crippen LogP contribution is -2.24. The summed E-state index contributed by atoms with van der Waals surface area (Å²) in [4.78, 5) is 12.8. The van der Waals surface area contributed by atoms with Crippen LogP contribution in [0.25, 0.3) is 0 Å². The lowest BCUT2D eigenvalue weighted by atomic mass is 10.1. The zero-order valence-corrected chi connectivity index (χ0v) is 17.7. The number of benzene rings is 2. The Morgan fingerprint density at radius 1 is 1.07 bits per heavy atom. The number of rotatable bonds is 6. The van der Waals surface area contributed by atoms with Crippen LogP contribution in [-0.2, 0) is 23.6 Å². The van der Waals surface area contributed by atoms with Crippen LogP contribution < -0.4 is 10.0 Å². The average Bonchev–Trinajstić information content (AvgIpc) is 2.93. The third kappa shape index (κ3) is 4.55. The Morgan fingerprint density at radius 3 is 2.38 bits per heavy atom. The first-order valence-electron chi connectivity index (χ1n) is 9.15. The lowest BCUT2D eigenvalue weighted by Gasteiger charge is -2.12. The van der Waals surface area contributed by atoms with Crippen molar-refractivity contribution in [2.75, 3.05) is 5.32 Å². The zero-order chi connectivity index (χ0) is 21.2. The quantitative estimate of drug-likeness (QED) is 0.651. The van der Waals surface area contributed by atoms with Crippen molar-refractivity contribution >= 4 is 21.6 Å². The van der Waals surface area contributed by atoms with Crippen LogP contribution in [0.1, 0.15) is 32.9 Å². The van der Waals surface area contributed by atoms with Crippen LogP contribution in [0.3, 0.4) is 0 Å². The Bertz CT molecular complexity index is 1150. The molecule has 0 fully saturated rings. The highest BCUT2D eigenvalue weighted by Gasteiger charge is 2.20. The highest BCUT2D eigenvalue weighted by atomic mass is 32.2. The number of nitrogens with zero attached hydrogens (tertiary/aromatic N) is 2. The minimum Gasteiger partial charge on any atom is -0.319 e. The van der Waals surface area contributed by atoms with E-state index in [2.05, 4.69) is 15.1 Å². The number of hydrogen-bond donors (Lipinski definition) is 2. The summed E-state index contributed by atoms with van der Waals surface area (Å²) in [7, 11) is -1.98. The van der Waals surface area contributed by atoms with Gasteiger partial charge in [0.2, 0.25) is 10.0 Å². The summed E-state index contributed by atoms with van der Waals surface area (Å²) in [6.45, 7) is 5.54. The largest absolute Gasteiger partial charge is 0.319 e. The first-order chi connectivity index (χ1) is 13.7. The van der Waals surface area contributed by atoms with E-state index >= 15 is 0 Å². The average molecular weight is 413 g/mol. The van der Waals surface area contributed by atoms with E-state index in [9.17, 15) is 13.2 Å². The van der Waals surface area contributed by atoms with E-state index < -0.39 is 10.0 Å². The number of hydrogen-bond acceptors (Lipinski definition) is 4. The van der Waals surface area contributed by atoms with Crippen LogP contribution in [0.5, 0.6) is 0 Å². The third-order valence-corrected chi connectivity index (χ3v) is 6.34. The predicted molar refractivity (Wildman–Crippen MR) is 112 cm³/mol. The maximum absolute atomic E-state index is 12.8. The second-order valence-corrected chi connectivity index (χ2v) is 8.65. The van der Waals surface area contributed by atoms with Crippen LogP contribution in [-0.4, -0.2) is 24.1 Å². The van der Waals surface area contributed by atoms with E-state index in [1.807, 2.05) is 37.3 Å². The molecule has 0 unspecified atom stereocenters. The maximum atomic E-state index is 12.8. The molecular weight excluding hydrogens is 388 g/mol. The second kappa shape index (κ2) is 8.18. The van der Waals surface area contributed by atoms with Gasteiger partial charge in [-0.3, -0.25) is 9.48 Å². The zero-order valence-electron chi connectivity index (χ0n) is 16.9. The van der Waals surface area contributed by atoms with Gasteiger partial charge in [0, 0.05) is 19.2 Å². The van der Waals surface area contributed by atoms with E-state index in [0.29, 0.717) is 16.9 Å². The highest BCUT2D eigenvalue weighted by Crippen LogP contribution is 2.22. The van der Waals surface area contributed by atoms with Crippen molar-refractivity contribution in [1.82, 2.24) is 14.5 Å². The molecule has 2 aromatic carbocycles. The van der Waals surface area contributed by atoms with E-state index in [0.717, 1.165) is 11.3 Å². The molecule has 7 nitrogen and oxygen atoms in total. The molecule has 3 aromatic rings. The highest BCUT2D eigenvalue weighted by molar-refractivity contribution is 7.89. The Kier molecular flexibility index (Phi) is 5.86. The molecule has 0 aliphatic heterocycles. The van der Waals surface area contributed by atoms with Gasteiger partial charge in [0.1, 0.15) is 0 Å². The molecule has 0 saturated carbocycles. The summed E-state index contributed by atoms with van der Waals surface area (Å²) in [5, 5.41) is 7.11. The van der Waals surface area contributed by atoms with E-state index in [1.165, 1.54) is 6.07 Å². The van der Waals surface area contributed by atoms with Gasteiger partial charge >= 0.3 is 0 Å². The van der Waals surface area contributed by atoms with Crippen LogP contribution >= 0.6 is 0 Å². The molecule has 8 heteroatoms. The fraction of sp³-hybridized carbons (Fsp3) is 0.238. The Balaban J connectivity index is 1.84. The van der Waals surface area contributed by atoms with Crippen LogP contribution in [0.15, 0.2) is 53.4 Å². The molecule has 3 rings (SSSR count). The minimum atomic E-state index is -3.78. The van der Waals surface area contributed by atoms with Gasteiger partial charge in [0.15, 0.2) is 0 Å². The number of carbonyl (C=O) groups is 1.